The lowest BCUT2D eigenvalue weighted by atomic mass is 10.3. The number of hydrogen-bond acceptors (Lipinski definition) is 2. The van der Waals surface area contributed by atoms with E-state index in [2.05, 4.69) is 9.97 Å². The highest BCUT2D eigenvalue weighted by Gasteiger charge is 2.09. The van der Waals surface area contributed by atoms with Crippen molar-refractivity contribution in [3.8, 4) is 0 Å². The number of halogens is 1. The third-order valence-electron chi connectivity index (χ3n) is 2.32. The van der Waals surface area contributed by atoms with Crippen LogP contribution in [0.5, 0.6) is 0 Å². The molecular formula is C11H12ClN3O. The molecule has 0 bridgehead atoms. The first-order valence-corrected chi connectivity index (χ1v) is 5.33. The molecule has 1 N–H and O–H groups in total. The number of nitrogens with zero attached hydrogens (tertiary/aromatic N) is 2. The average molecular weight is 238 g/mol. The van der Waals surface area contributed by atoms with Crippen molar-refractivity contribution in [3.05, 3.63) is 39.5 Å². The van der Waals surface area contributed by atoms with Crippen molar-refractivity contribution in [1.82, 2.24) is 14.5 Å². The summed E-state index contributed by atoms with van der Waals surface area (Å²) in [6.45, 7) is 4.59. The summed E-state index contributed by atoms with van der Waals surface area (Å²) < 4.78 is 1.75. The van der Waals surface area contributed by atoms with Crippen LogP contribution in [0.1, 0.15) is 13.8 Å². The molecule has 0 radical (unpaired) electrons. The molecule has 0 saturated heterocycles. The zero-order valence-corrected chi connectivity index (χ0v) is 9.88. The van der Waals surface area contributed by atoms with E-state index in [0.717, 1.165) is 0 Å². The van der Waals surface area contributed by atoms with Gasteiger partial charge < -0.3 is 9.55 Å². The summed E-state index contributed by atoms with van der Waals surface area (Å²) in [5, 5.41) is 0.525. The fourth-order valence-corrected chi connectivity index (χ4v) is 1.78. The van der Waals surface area contributed by atoms with Gasteiger partial charge in [0.2, 0.25) is 0 Å². The Morgan fingerprint density at radius 1 is 1.62 bits per heavy atom. The summed E-state index contributed by atoms with van der Waals surface area (Å²) in [5.74, 6) is 0. The van der Waals surface area contributed by atoms with E-state index < -0.39 is 0 Å². The number of aromatic amines is 1. The molecule has 0 fully saturated rings. The maximum atomic E-state index is 11.7. The summed E-state index contributed by atoms with van der Waals surface area (Å²) in [7, 11) is 0. The Kier molecular flexibility index (Phi) is 2.83. The summed E-state index contributed by atoms with van der Waals surface area (Å²) in [6.07, 6.45) is 3.39. The summed E-state index contributed by atoms with van der Waals surface area (Å²) in [5.41, 5.74) is 2.15. The molecule has 0 atom stereocenters. The molecule has 84 valence electrons. The number of fused-ring (bicyclic) bond motifs is 1. The molecule has 0 aliphatic rings. The van der Waals surface area contributed by atoms with Crippen LogP contribution in [0.2, 0.25) is 5.15 Å². The molecule has 0 aliphatic heterocycles. The van der Waals surface area contributed by atoms with E-state index in [1.165, 1.54) is 11.9 Å². The fourth-order valence-electron chi connectivity index (χ4n) is 1.52. The van der Waals surface area contributed by atoms with Crippen molar-refractivity contribution in [2.45, 2.75) is 20.4 Å². The molecule has 5 heteroatoms. The fraction of sp³-hybridized carbons (Fsp3) is 0.273. The predicted octanol–water partition coefficient (Wildman–Crippen LogP) is 2.34. The lowest BCUT2D eigenvalue weighted by Gasteiger charge is -2.02. The lowest BCUT2D eigenvalue weighted by molar-refractivity contribution is 0.849. The van der Waals surface area contributed by atoms with E-state index >= 15 is 0 Å². The second-order valence-corrected chi connectivity index (χ2v) is 4.21. The van der Waals surface area contributed by atoms with E-state index in [1.54, 1.807) is 10.6 Å². The normalized spacial score (nSPS) is 10.7. The van der Waals surface area contributed by atoms with E-state index in [1.807, 2.05) is 19.9 Å². The monoisotopic (exact) mass is 237 g/mol. The molecule has 0 amide bonds. The molecule has 16 heavy (non-hydrogen) atoms. The van der Waals surface area contributed by atoms with Gasteiger partial charge in [-0.25, -0.2) is 4.98 Å². The van der Waals surface area contributed by atoms with Crippen LogP contribution in [0.4, 0.5) is 0 Å². The van der Waals surface area contributed by atoms with Crippen molar-refractivity contribution in [2.75, 3.05) is 0 Å². The maximum absolute atomic E-state index is 11.7. The summed E-state index contributed by atoms with van der Waals surface area (Å²) >= 11 is 6.06. The molecule has 0 aromatic carbocycles. The molecule has 2 rings (SSSR count). The van der Waals surface area contributed by atoms with Crippen molar-refractivity contribution in [3.63, 3.8) is 0 Å². The predicted molar refractivity (Wildman–Crippen MR) is 64.8 cm³/mol. The van der Waals surface area contributed by atoms with Crippen molar-refractivity contribution in [2.24, 2.45) is 0 Å². The topological polar surface area (TPSA) is 50.7 Å². The number of nitrogens with one attached hydrogen (secondary N) is 1. The zero-order valence-electron chi connectivity index (χ0n) is 9.12. The van der Waals surface area contributed by atoms with Gasteiger partial charge in [0.25, 0.3) is 5.56 Å². The zero-order chi connectivity index (χ0) is 11.7. The van der Waals surface area contributed by atoms with Gasteiger partial charge in [0, 0.05) is 12.6 Å². The van der Waals surface area contributed by atoms with Crippen LogP contribution in [0.15, 0.2) is 28.8 Å². The van der Waals surface area contributed by atoms with Crippen LogP contribution in [-0.2, 0) is 6.54 Å². The first-order valence-electron chi connectivity index (χ1n) is 4.95. The largest absolute Gasteiger partial charge is 0.322 e. The maximum Gasteiger partial charge on any atom is 0.275 e. The Morgan fingerprint density at radius 2 is 2.38 bits per heavy atom. The van der Waals surface area contributed by atoms with Crippen LogP contribution < -0.4 is 5.56 Å². The van der Waals surface area contributed by atoms with Gasteiger partial charge in [0.1, 0.15) is 10.7 Å². The van der Waals surface area contributed by atoms with Crippen LogP contribution in [0.25, 0.3) is 11.0 Å². The molecule has 2 heterocycles. The highest BCUT2D eigenvalue weighted by Crippen LogP contribution is 2.19. The Labute approximate surface area is 97.6 Å². The van der Waals surface area contributed by atoms with Crippen molar-refractivity contribution < 1.29 is 0 Å². The van der Waals surface area contributed by atoms with Crippen LogP contribution in [0.3, 0.4) is 0 Å². The van der Waals surface area contributed by atoms with Crippen LogP contribution >= 0.6 is 11.6 Å². The Hall–Kier alpha value is -1.55. The van der Waals surface area contributed by atoms with E-state index in [9.17, 15) is 4.79 Å². The third kappa shape index (κ3) is 1.88. The van der Waals surface area contributed by atoms with Gasteiger partial charge in [-0.15, -0.1) is 0 Å². The van der Waals surface area contributed by atoms with Gasteiger partial charge in [-0.2, -0.15) is 0 Å². The Bertz CT molecular complexity index is 605. The molecule has 0 aliphatic carbocycles. The molecule has 0 unspecified atom stereocenters. The van der Waals surface area contributed by atoms with Gasteiger partial charge in [-0.1, -0.05) is 23.3 Å². The molecule has 0 spiro atoms. The smallest absolute Gasteiger partial charge is 0.275 e. The Morgan fingerprint density at radius 3 is 3.06 bits per heavy atom. The van der Waals surface area contributed by atoms with Gasteiger partial charge >= 0.3 is 0 Å². The quantitative estimate of drug-likeness (QED) is 0.816. The first-order chi connectivity index (χ1) is 7.59. The molecule has 0 saturated carbocycles. The highest BCUT2D eigenvalue weighted by molar-refractivity contribution is 6.30. The average Bonchev–Trinajstić information content (AvgIpc) is 2.52. The molecule has 2 aromatic heterocycles. The van der Waals surface area contributed by atoms with E-state index in [4.69, 9.17) is 11.6 Å². The minimum atomic E-state index is -0.168. The molecular weight excluding hydrogens is 226 g/mol. The highest BCUT2D eigenvalue weighted by atomic mass is 35.5. The minimum absolute atomic E-state index is 0.168. The van der Waals surface area contributed by atoms with Crippen LogP contribution in [-0.4, -0.2) is 14.5 Å². The lowest BCUT2D eigenvalue weighted by Crippen LogP contribution is -2.11. The SMILES string of the molecule is CC(C)=CCn1c(Cl)cc2nc[nH]c(=O)c21. The van der Waals surface area contributed by atoms with Gasteiger partial charge in [0.15, 0.2) is 0 Å². The van der Waals surface area contributed by atoms with Gasteiger partial charge in [-0.3, -0.25) is 4.79 Å². The van der Waals surface area contributed by atoms with Crippen LogP contribution in [0, 0.1) is 0 Å². The van der Waals surface area contributed by atoms with Crippen molar-refractivity contribution >= 4 is 22.6 Å². The number of hydrogen-bond donors (Lipinski definition) is 1. The number of aromatic nitrogens is 3. The third-order valence-corrected chi connectivity index (χ3v) is 2.64. The van der Waals surface area contributed by atoms with Crippen molar-refractivity contribution in [1.29, 1.82) is 0 Å². The molecule has 2 aromatic rings. The second-order valence-electron chi connectivity index (χ2n) is 3.82. The van der Waals surface area contributed by atoms with E-state index in [-0.39, 0.29) is 5.56 Å². The first kappa shape index (κ1) is 11.0. The number of allylic oxidation sites excluding steroid dienone is 2. The van der Waals surface area contributed by atoms with Gasteiger partial charge in [-0.05, 0) is 13.8 Å². The van der Waals surface area contributed by atoms with E-state index in [0.29, 0.717) is 22.7 Å². The summed E-state index contributed by atoms with van der Waals surface area (Å²) in [4.78, 5) is 18.3. The van der Waals surface area contributed by atoms with Gasteiger partial charge in [0.05, 0.1) is 11.8 Å². The summed E-state index contributed by atoms with van der Waals surface area (Å²) in [6, 6.07) is 1.70. The number of H-pyrrole nitrogens is 1. The molecule has 4 nitrogen and oxygen atoms in total. The Balaban J connectivity index is 2.64. The minimum Gasteiger partial charge on any atom is -0.322 e. The standard InChI is InChI=1S/C11H12ClN3O/c1-7(2)3-4-15-9(12)5-8-10(15)11(16)14-6-13-8/h3,5-6H,4H2,1-2H3,(H,13,14,16). The number of rotatable bonds is 2. The second kappa shape index (κ2) is 4.14.